The predicted molar refractivity (Wildman–Crippen MR) is 275 cm³/mol. The van der Waals surface area contributed by atoms with Crippen LogP contribution >= 0.6 is 11.6 Å². The summed E-state index contributed by atoms with van der Waals surface area (Å²) in [6.45, 7) is 14.3. The molecule has 2 aliphatic rings. The molecule has 0 saturated carbocycles. The van der Waals surface area contributed by atoms with Crippen molar-refractivity contribution in [2.75, 3.05) is 14.2 Å². The van der Waals surface area contributed by atoms with E-state index in [9.17, 15) is 44.8 Å². The molecule has 0 aliphatic carbocycles. The molecule has 2 aliphatic heterocycles. The molecule has 3 N–H and O–H groups in total. The first-order chi connectivity index (χ1) is 35.0. The fourth-order valence-corrected chi connectivity index (χ4v) is 10.3. The number of amides is 1. The van der Waals surface area contributed by atoms with E-state index in [2.05, 4.69) is 14.7 Å². The number of carbonyl (C=O) groups excluding carboxylic acids is 4. The normalized spacial score (nSPS) is 14.1. The Morgan fingerprint density at radius 2 is 1.05 bits per heavy atom. The quantitative estimate of drug-likeness (QED) is 0.0809. The maximum Gasteiger partial charge on any atom is 0.339 e. The van der Waals surface area contributed by atoms with Crippen molar-refractivity contribution in [2.24, 2.45) is 5.14 Å². The highest BCUT2D eigenvalue weighted by atomic mass is 35.5. The number of nitrogens with two attached hydrogens (primary N) is 1. The zero-order chi connectivity index (χ0) is 55.5. The summed E-state index contributed by atoms with van der Waals surface area (Å²) in [5.41, 5.74) is 4.79. The van der Waals surface area contributed by atoms with Crippen LogP contribution in [0.3, 0.4) is 0 Å². The first kappa shape index (κ1) is 57.2. The molecule has 0 radical (unpaired) electrons. The van der Waals surface area contributed by atoms with Crippen LogP contribution < -0.4 is 19.3 Å². The number of primary sulfonamides is 1. The van der Waals surface area contributed by atoms with Gasteiger partial charge in [0.2, 0.25) is 32.9 Å². The molecule has 1 amide bonds. The van der Waals surface area contributed by atoms with E-state index in [0.717, 1.165) is 16.7 Å². The molecule has 0 bridgehead atoms. The number of aromatic nitrogens is 2. The molecule has 4 heterocycles. The van der Waals surface area contributed by atoms with Crippen LogP contribution in [0.4, 0.5) is 8.78 Å². The van der Waals surface area contributed by atoms with E-state index in [4.69, 9.17) is 35.7 Å². The van der Waals surface area contributed by atoms with Crippen LogP contribution in [0.5, 0.6) is 11.8 Å². The van der Waals surface area contributed by atoms with Gasteiger partial charge in [-0.3, -0.25) is 9.59 Å². The van der Waals surface area contributed by atoms with Crippen molar-refractivity contribution in [3.63, 3.8) is 0 Å². The number of halogens is 3. The molecule has 396 valence electrons. The van der Waals surface area contributed by atoms with Gasteiger partial charge in [-0.05, 0) is 168 Å². The van der Waals surface area contributed by atoms with Crippen molar-refractivity contribution in [1.29, 1.82) is 0 Å². The summed E-state index contributed by atoms with van der Waals surface area (Å²) >= 11 is 5.58. The summed E-state index contributed by atoms with van der Waals surface area (Å²) in [5, 5.41) is 4.54. The van der Waals surface area contributed by atoms with Crippen LogP contribution in [-0.4, -0.2) is 64.1 Å². The lowest BCUT2D eigenvalue weighted by Gasteiger charge is -2.19. The number of nitrogens with zero attached hydrogens (tertiary/aromatic N) is 2. The number of cyclic esters (lactones) is 2. The number of hydrogen-bond acceptors (Lipinski definition) is 14. The van der Waals surface area contributed by atoms with Crippen molar-refractivity contribution in [3.8, 4) is 34.0 Å². The van der Waals surface area contributed by atoms with Crippen molar-refractivity contribution in [3.05, 3.63) is 153 Å². The molecule has 0 saturated heterocycles. The summed E-state index contributed by atoms with van der Waals surface area (Å²) in [4.78, 5) is 55.9. The van der Waals surface area contributed by atoms with E-state index >= 15 is 0 Å². The predicted octanol–water partition coefficient (Wildman–Crippen LogP) is 9.54. The molecule has 0 spiro atoms. The average molecular weight is 1090 g/mol. The Bertz CT molecular complexity index is 3480. The number of sulfonamides is 2. The summed E-state index contributed by atoms with van der Waals surface area (Å²) in [5.74, 6) is -1.93. The SMILES string of the molecule is CC1(C)OC(=O)c2ccc(S(N)(=O)=O)cc21.COc1cc(-c2cc(F)cc(C(C)C)c2CC(=O)Cl)ccn1.COc1cc(-c2cc(F)cc(C(C)C)c2CC(=O)NS(=O)(=O)c2ccc3c(c2)C(C)(C)OC3=O)ccn1. The van der Waals surface area contributed by atoms with E-state index in [1.54, 1.807) is 58.2 Å². The monoisotopic (exact) mass is 1090 g/mol. The van der Waals surface area contributed by atoms with Gasteiger partial charge in [-0.15, -0.1) is 0 Å². The number of benzene rings is 4. The van der Waals surface area contributed by atoms with Gasteiger partial charge in [0, 0.05) is 42.1 Å². The standard InChI is InChI=1S/C27H27FN2O6S.C17H17ClFNO2.C10H11NO4S/c1-15(2)20-11-17(28)12-21(16-8-9-29-25(10-16)35-5)22(20)14-24(31)30-37(33,34)18-6-7-19-23(13-18)27(3,4)36-26(19)32;1-10(2)13-7-12(19)8-14(15(13)9-16(18)21)11-4-5-20-17(6-11)22-3;1-10(2)8-5-6(16(11,13)14)3-4-7(8)9(12)15-10/h6-13,15H,14H2,1-5H3,(H,30,31);4-8,10H,9H2,1-3H3;3-5H,1-2H3,(H2,11,13,14). The molecule has 6 aromatic rings. The Morgan fingerprint density at radius 1 is 0.640 bits per heavy atom. The Kier molecular flexibility index (Phi) is 17.1. The first-order valence-corrected chi connectivity index (χ1v) is 26.5. The third-order valence-electron chi connectivity index (χ3n) is 12.2. The highest BCUT2D eigenvalue weighted by Crippen LogP contribution is 2.39. The summed E-state index contributed by atoms with van der Waals surface area (Å²) in [6, 6.07) is 20.3. The van der Waals surface area contributed by atoms with Crippen LogP contribution in [0, 0.1) is 11.6 Å². The third kappa shape index (κ3) is 13.2. The van der Waals surface area contributed by atoms with E-state index in [-0.39, 0.29) is 45.8 Å². The summed E-state index contributed by atoms with van der Waals surface area (Å²) in [7, 11) is -5.06. The number of rotatable bonds is 13. The van der Waals surface area contributed by atoms with Crippen LogP contribution in [0.2, 0.25) is 0 Å². The summed E-state index contributed by atoms with van der Waals surface area (Å²) < 4.78 is 99.9. The zero-order valence-corrected chi connectivity index (χ0v) is 45.0. The van der Waals surface area contributed by atoms with Crippen molar-refractivity contribution in [1.82, 2.24) is 14.7 Å². The third-order valence-corrected chi connectivity index (χ3v) is 14.6. The average Bonchev–Trinajstić information content (AvgIpc) is 3.72. The smallest absolute Gasteiger partial charge is 0.339 e. The van der Waals surface area contributed by atoms with Crippen molar-refractivity contribution < 1.29 is 63.7 Å². The van der Waals surface area contributed by atoms with Crippen LogP contribution in [-0.2, 0) is 63.2 Å². The van der Waals surface area contributed by atoms with E-state index in [1.807, 2.05) is 27.7 Å². The molecular formula is C54H55ClF2N4O12S2. The molecule has 8 rings (SSSR count). The minimum Gasteiger partial charge on any atom is -0.481 e. The van der Waals surface area contributed by atoms with Crippen LogP contribution in [0.15, 0.2) is 107 Å². The number of nitrogens with one attached hydrogen (secondary N) is 1. The van der Waals surface area contributed by atoms with Gasteiger partial charge in [-0.25, -0.2) is 55.0 Å². The lowest BCUT2D eigenvalue weighted by molar-refractivity contribution is -0.118. The molecule has 2 aromatic heterocycles. The molecule has 0 atom stereocenters. The number of hydrogen-bond donors (Lipinski definition) is 2. The minimum absolute atomic E-state index is 0.0161. The molecule has 4 aromatic carbocycles. The topological polar surface area (TPSA) is 237 Å². The van der Waals surface area contributed by atoms with Gasteiger partial charge in [0.25, 0.3) is 10.0 Å². The second-order valence-electron chi connectivity index (χ2n) is 19.0. The Labute approximate surface area is 439 Å². The van der Waals surface area contributed by atoms with Gasteiger partial charge in [-0.1, -0.05) is 27.7 Å². The number of carbonyl (C=O) groups is 4. The molecule has 16 nitrogen and oxygen atoms in total. The van der Waals surface area contributed by atoms with Crippen LogP contribution in [0.25, 0.3) is 22.3 Å². The summed E-state index contributed by atoms with van der Waals surface area (Å²) in [6.07, 6.45) is 2.83. The van der Waals surface area contributed by atoms with E-state index in [0.29, 0.717) is 56.3 Å². The van der Waals surface area contributed by atoms with Gasteiger partial charge in [0.15, 0.2) is 0 Å². The van der Waals surface area contributed by atoms with Gasteiger partial charge < -0.3 is 18.9 Å². The van der Waals surface area contributed by atoms with Crippen LogP contribution in [0.1, 0.15) is 121 Å². The second-order valence-corrected chi connectivity index (χ2v) is 22.7. The van der Waals surface area contributed by atoms with Gasteiger partial charge in [0.05, 0.1) is 41.6 Å². The molecule has 0 fully saturated rings. The lowest BCUT2D eigenvalue weighted by atomic mass is 9.88. The Hall–Kier alpha value is -7.13. The van der Waals surface area contributed by atoms with Crippen molar-refractivity contribution >= 4 is 54.7 Å². The number of ether oxygens (including phenoxy) is 4. The van der Waals surface area contributed by atoms with Gasteiger partial charge in [-0.2, -0.15) is 0 Å². The van der Waals surface area contributed by atoms with E-state index < -0.39 is 60.2 Å². The molecule has 75 heavy (non-hydrogen) atoms. The highest BCUT2D eigenvalue weighted by molar-refractivity contribution is 7.90. The van der Waals surface area contributed by atoms with Gasteiger partial charge >= 0.3 is 11.9 Å². The molecular weight excluding hydrogens is 1030 g/mol. The van der Waals surface area contributed by atoms with E-state index in [1.165, 1.54) is 81.1 Å². The lowest BCUT2D eigenvalue weighted by Crippen LogP contribution is -2.32. The number of pyridine rings is 2. The van der Waals surface area contributed by atoms with Gasteiger partial charge in [0.1, 0.15) is 22.8 Å². The largest absolute Gasteiger partial charge is 0.481 e. The maximum atomic E-state index is 14.6. The number of methoxy groups -OCH3 is 2. The highest BCUT2D eigenvalue weighted by Gasteiger charge is 2.40. The fraction of sp³-hybridized carbons (Fsp3) is 0.296. The molecule has 21 heteroatoms. The maximum absolute atomic E-state index is 14.6. The Morgan fingerprint density at radius 3 is 1.45 bits per heavy atom. The minimum atomic E-state index is -4.27. The second kappa shape index (κ2) is 22.4. The number of fused-ring (bicyclic) bond motifs is 2. The zero-order valence-electron chi connectivity index (χ0n) is 42.6. The number of esters is 2. The Balaban J connectivity index is 0.000000203. The van der Waals surface area contributed by atoms with Crippen molar-refractivity contribution in [2.45, 2.75) is 101 Å². The fourth-order valence-electron chi connectivity index (χ4n) is 8.60. The first-order valence-electron chi connectivity index (χ1n) is 23.1. The molecule has 0 unspecified atom stereocenters.